The van der Waals surface area contributed by atoms with Crippen molar-refractivity contribution < 1.29 is 0 Å². The second-order valence-electron chi connectivity index (χ2n) is 4.21. The molecule has 1 unspecified atom stereocenters. The molecular formula is C15H17N. The van der Waals surface area contributed by atoms with Crippen LogP contribution in [-0.2, 0) is 6.42 Å². The molecule has 1 aromatic heterocycles. The Hall–Kier alpha value is -1.63. The molecule has 1 nitrogen and oxygen atoms in total. The highest BCUT2D eigenvalue weighted by atomic mass is 14.6. The average Bonchev–Trinajstić information content (AvgIpc) is 2.38. The van der Waals surface area contributed by atoms with E-state index in [0.29, 0.717) is 5.92 Å². The number of benzene rings is 1. The Bertz CT molecular complexity index is 408. The van der Waals surface area contributed by atoms with Gasteiger partial charge in [0.25, 0.3) is 0 Å². The molecule has 2 rings (SSSR count). The summed E-state index contributed by atoms with van der Waals surface area (Å²) in [5.41, 5.74) is 2.75. The molecule has 1 heterocycles. The highest BCUT2D eigenvalue weighted by Crippen LogP contribution is 2.19. The maximum atomic E-state index is 4.16. The lowest BCUT2D eigenvalue weighted by Gasteiger charge is -2.10. The monoisotopic (exact) mass is 211 g/mol. The summed E-state index contributed by atoms with van der Waals surface area (Å²) in [6, 6.07) is 14.8. The fourth-order valence-corrected chi connectivity index (χ4v) is 1.86. The lowest BCUT2D eigenvalue weighted by molar-refractivity contribution is 0.677. The smallest absolute Gasteiger partial charge is 0.0302 e. The standard InChI is InChI=1S/C15H17N/c1-13(15-8-5-11-16-12-15)9-10-14-6-3-2-4-7-14/h2-8,11-13H,9-10H2,1H3. The van der Waals surface area contributed by atoms with Gasteiger partial charge in [-0.2, -0.15) is 0 Å². The number of nitrogens with zero attached hydrogens (tertiary/aromatic N) is 1. The van der Waals surface area contributed by atoms with Gasteiger partial charge in [-0.25, -0.2) is 0 Å². The van der Waals surface area contributed by atoms with E-state index in [1.54, 1.807) is 0 Å². The van der Waals surface area contributed by atoms with Gasteiger partial charge in [0.2, 0.25) is 0 Å². The van der Waals surface area contributed by atoms with Crippen LogP contribution >= 0.6 is 0 Å². The highest BCUT2D eigenvalue weighted by Gasteiger charge is 2.05. The largest absolute Gasteiger partial charge is 0.264 e. The van der Waals surface area contributed by atoms with Gasteiger partial charge in [0, 0.05) is 12.4 Å². The van der Waals surface area contributed by atoms with E-state index in [9.17, 15) is 0 Å². The van der Waals surface area contributed by atoms with Crippen LogP contribution in [0.3, 0.4) is 0 Å². The molecule has 0 fully saturated rings. The Balaban J connectivity index is 1.92. The zero-order chi connectivity index (χ0) is 11.2. The zero-order valence-electron chi connectivity index (χ0n) is 9.63. The molecule has 0 spiro atoms. The molecule has 0 aliphatic heterocycles. The Morgan fingerprint density at radius 3 is 2.56 bits per heavy atom. The summed E-state index contributed by atoms with van der Waals surface area (Å²) < 4.78 is 0. The first-order valence-corrected chi connectivity index (χ1v) is 5.80. The molecule has 0 N–H and O–H groups in total. The minimum atomic E-state index is 0.578. The van der Waals surface area contributed by atoms with E-state index in [4.69, 9.17) is 0 Å². The van der Waals surface area contributed by atoms with Gasteiger partial charge in [-0.3, -0.25) is 4.98 Å². The van der Waals surface area contributed by atoms with Crippen molar-refractivity contribution in [1.82, 2.24) is 4.98 Å². The van der Waals surface area contributed by atoms with E-state index in [-0.39, 0.29) is 0 Å². The first kappa shape index (κ1) is 10.9. The second kappa shape index (κ2) is 5.45. The lowest BCUT2D eigenvalue weighted by Crippen LogP contribution is -1.96. The quantitative estimate of drug-likeness (QED) is 0.749. The predicted octanol–water partition coefficient (Wildman–Crippen LogP) is 3.82. The van der Waals surface area contributed by atoms with Gasteiger partial charge < -0.3 is 0 Å². The molecule has 1 heteroatoms. The van der Waals surface area contributed by atoms with Crippen LogP contribution in [0.1, 0.15) is 30.4 Å². The van der Waals surface area contributed by atoms with Gasteiger partial charge in [0.1, 0.15) is 0 Å². The Morgan fingerprint density at radius 2 is 1.88 bits per heavy atom. The summed E-state index contributed by atoms with van der Waals surface area (Å²) in [5, 5.41) is 0. The summed E-state index contributed by atoms with van der Waals surface area (Å²) in [4.78, 5) is 4.16. The first-order valence-electron chi connectivity index (χ1n) is 5.80. The van der Waals surface area contributed by atoms with E-state index < -0.39 is 0 Å². The molecule has 0 saturated carbocycles. The molecule has 0 amide bonds. The van der Waals surface area contributed by atoms with Gasteiger partial charge in [-0.1, -0.05) is 43.3 Å². The minimum Gasteiger partial charge on any atom is -0.264 e. The SMILES string of the molecule is CC(CCc1ccccc1)c1cccnc1. The number of pyridine rings is 1. The van der Waals surface area contributed by atoms with Crippen molar-refractivity contribution in [3.8, 4) is 0 Å². The van der Waals surface area contributed by atoms with E-state index in [1.165, 1.54) is 17.5 Å². The lowest BCUT2D eigenvalue weighted by atomic mass is 9.95. The Morgan fingerprint density at radius 1 is 1.06 bits per heavy atom. The molecule has 82 valence electrons. The summed E-state index contributed by atoms with van der Waals surface area (Å²) >= 11 is 0. The predicted molar refractivity (Wildman–Crippen MR) is 67.4 cm³/mol. The van der Waals surface area contributed by atoms with Crippen molar-refractivity contribution >= 4 is 0 Å². The maximum absolute atomic E-state index is 4.16. The van der Waals surface area contributed by atoms with Crippen molar-refractivity contribution in [2.75, 3.05) is 0 Å². The van der Waals surface area contributed by atoms with Crippen LogP contribution in [0.15, 0.2) is 54.9 Å². The molecule has 2 aromatic rings. The Kier molecular flexibility index (Phi) is 3.71. The molecule has 0 bridgehead atoms. The van der Waals surface area contributed by atoms with Crippen LogP contribution in [0.2, 0.25) is 0 Å². The van der Waals surface area contributed by atoms with Crippen LogP contribution < -0.4 is 0 Å². The van der Waals surface area contributed by atoms with Crippen molar-refractivity contribution in [2.24, 2.45) is 0 Å². The molecule has 0 radical (unpaired) electrons. The summed E-state index contributed by atoms with van der Waals surface area (Å²) in [6.45, 7) is 2.26. The Labute approximate surface area is 97.2 Å². The summed E-state index contributed by atoms with van der Waals surface area (Å²) in [5.74, 6) is 0.578. The van der Waals surface area contributed by atoms with Crippen molar-refractivity contribution in [1.29, 1.82) is 0 Å². The number of aromatic nitrogens is 1. The minimum absolute atomic E-state index is 0.578. The molecule has 0 aliphatic carbocycles. The fraction of sp³-hybridized carbons (Fsp3) is 0.267. The van der Waals surface area contributed by atoms with E-state index in [1.807, 2.05) is 18.5 Å². The molecule has 1 atom stereocenters. The van der Waals surface area contributed by atoms with Gasteiger partial charge in [0.05, 0.1) is 0 Å². The topological polar surface area (TPSA) is 12.9 Å². The molecular weight excluding hydrogens is 194 g/mol. The van der Waals surface area contributed by atoms with Crippen LogP contribution in [0.5, 0.6) is 0 Å². The van der Waals surface area contributed by atoms with Gasteiger partial charge in [0.15, 0.2) is 0 Å². The normalized spacial score (nSPS) is 12.3. The van der Waals surface area contributed by atoms with Gasteiger partial charge >= 0.3 is 0 Å². The first-order chi connectivity index (χ1) is 7.86. The van der Waals surface area contributed by atoms with E-state index in [2.05, 4.69) is 48.3 Å². The van der Waals surface area contributed by atoms with Crippen molar-refractivity contribution in [2.45, 2.75) is 25.7 Å². The van der Waals surface area contributed by atoms with Gasteiger partial charge in [-0.15, -0.1) is 0 Å². The van der Waals surface area contributed by atoms with E-state index in [0.717, 1.165) is 6.42 Å². The number of rotatable bonds is 4. The summed E-state index contributed by atoms with van der Waals surface area (Å²) in [6.07, 6.45) is 6.11. The summed E-state index contributed by atoms with van der Waals surface area (Å²) in [7, 11) is 0. The van der Waals surface area contributed by atoms with Crippen LogP contribution in [-0.4, -0.2) is 4.98 Å². The molecule has 1 aromatic carbocycles. The third-order valence-corrected chi connectivity index (χ3v) is 2.96. The third-order valence-electron chi connectivity index (χ3n) is 2.96. The van der Waals surface area contributed by atoms with E-state index >= 15 is 0 Å². The molecule has 16 heavy (non-hydrogen) atoms. The van der Waals surface area contributed by atoms with Crippen molar-refractivity contribution in [3.05, 3.63) is 66.0 Å². The highest BCUT2D eigenvalue weighted by molar-refractivity contribution is 5.17. The number of aryl methyl sites for hydroxylation is 1. The van der Waals surface area contributed by atoms with Crippen LogP contribution in [0.4, 0.5) is 0 Å². The molecule has 0 aliphatic rings. The second-order valence-corrected chi connectivity index (χ2v) is 4.21. The van der Waals surface area contributed by atoms with Crippen LogP contribution in [0.25, 0.3) is 0 Å². The number of hydrogen-bond donors (Lipinski definition) is 0. The number of hydrogen-bond acceptors (Lipinski definition) is 1. The van der Waals surface area contributed by atoms with Crippen molar-refractivity contribution in [3.63, 3.8) is 0 Å². The molecule has 0 saturated heterocycles. The average molecular weight is 211 g/mol. The maximum Gasteiger partial charge on any atom is 0.0302 e. The van der Waals surface area contributed by atoms with Crippen LogP contribution in [0, 0.1) is 0 Å². The zero-order valence-corrected chi connectivity index (χ0v) is 9.63. The fourth-order valence-electron chi connectivity index (χ4n) is 1.86. The van der Waals surface area contributed by atoms with Gasteiger partial charge in [-0.05, 0) is 36.0 Å². The third kappa shape index (κ3) is 2.93.